The molecule has 1 amide bonds. The highest BCUT2D eigenvalue weighted by Crippen LogP contribution is 2.33. The predicted octanol–water partition coefficient (Wildman–Crippen LogP) is 2.29. The minimum Gasteiger partial charge on any atom is -0.486 e. The van der Waals surface area contributed by atoms with E-state index in [1.165, 1.54) is 16.4 Å². The number of ether oxygens (including phenoxy) is 3. The first kappa shape index (κ1) is 22.4. The number of carbonyl (C=O) groups excluding carboxylic acids is 1. The Labute approximate surface area is 188 Å². The summed E-state index contributed by atoms with van der Waals surface area (Å²) in [6.07, 6.45) is 0. The van der Waals surface area contributed by atoms with E-state index in [1.807, 2.05) is 32.9 Å². The van der Waals surface area contributed by atoms with Crippen LogP contribution in [0.4, 0.5) is 0 Å². The van der Waals surface area contributed by atoms with Gasteiger partial charge in [-0.05, 0) is 44.0 Å². The van der Waals surface area contributed by atoms with Crippen LogP contribution in [0, 0.1) is 20.8 Å². The van der Waals surface area contributed by atoms with Crippen molar-refractivity contribution in [1.29, 1.82) is 0 Å². The molecule has 2 aliphatic rings. The average Bonchev–Trinajstić information content (AvgIpc) is 2.78. The van der Waals surface area contributed by atoms with E-state index in [1.54, 1.807) is 11.0 Å². The number of hydrogen-bond acceptors (Lipinski definition) is 6. The highest BCUT2D eigenvalue weighted by molar-refractivity contribution is 7.89. The Morgan fingerprint density at radius 1 is 0.938 bits per heavy atom. The summed E-state index contributed by atoms with van der Waals surface area (Å²) in [5.74, 6) is 1.55. The van der Waals surface area contributed by atoms with Gasteiger partial charge in [-0.2, -0.15) is 4.31 Å². The molecule has 32 heavy (non-hydrogen) atoms. The van der Waals surface area contributed by atoms with E-state index in [2.05, 4.69) is 0 Å². The van der Waals surface area contributed by atoms with Crippen LogP contribution in [0.3, 0.4) is 0 Å². The van der Waals surface area contributed by atoms with E-state index in [9.17, 15) is 13.2 Å². The second-order valence-corrected chi connectivity index (χ2v) is 10.0. The highest BCUT2D eigenvalue weighted by Gasteiger charge is 2.31. The van der Waals surface area contributed by atoms with E-state index in [0.717, 1.165) is 22.4 Å². The predicted molar refractivity (Wildman–Crippen MR) is 119 cm³/mol. The molecule has 0 atom stereocenters. The zero-order valence-corrected chi connectivity index (χ0v) is 19.4. The molecule has 1 fully saturated rings. The van der Waals surface area contributed by atoms with Crippen molar-refractivity contribution in [2.45, 2.75) is 25.7 Å². The van der Waals surface area contributed by atoms with Crippen LogP contribution in [0.25, 0.3) is 0 Å². The Bertz CT molecular complexity index is 1100. The first-order valence-corrected chi connectivity index (χ1v) is 12.1. The maximum Gasteiger partial charge on any atom is 0.260 e. The standard InChI is InChI=1S/C23H28N2O6S/c1-16-12-17(2)23(18(3)13-16)31-15-22(26)24-6-8-25(9-7-24)32(27,28)19-4-5-20-21(14-19)30-11-10-29-20/h4-5,12-14H,6-11,15H2,1-3H3. The van der Waals surface area contributed by atoms with E-state index in [-0.39, 0.29) is 30.5 Å². The fourth-order valence-electron chi connectivity index (χ4n) is 4.13. The van der Waals surface area contributed by atoms with Crippen LogP contribution in [0.5, 0.6) is 17.2 Å². The average molecular weight is 461 g/mol. The number of fused-ring (bicyclic) bond motifs is 1. The van der Waals surface area contributed by atoms with Crippen molar-refractivity contribution in [3.05, 3.63) is 47.0 Å². The van der Waals surface area contributed by atoms with Crippen molar-refractivity contribution in [3.63, 3.8) is 0 Å². The molecule has 0 radical (unpaired) electrons. The lowest BCUT2D eigenvalue weighted by Crippen LogP contribution is -2.51. The Morgan fingerprint density at radius 2 is 1.56 bits per heavy atom. The van der Waals surface area contributed by atoms with Gasteiger partial charge in [0.1, 0.15) is 19.0 Å². The third kappa shape index (κ3) is 4.54. The van der Waals surface area contributed by atoms with Gasteiger partial charge in [0.15, 0.2) is 18.1 Å². The molecule has 2 aliphatic heterocycles. The van der Waals surface area contributed by atoms with Gasteiger partial charge in [-0.25, -0.2) is 8.42 Å². The molecule has 0 aromatic heterocycles. The summed E-state index contributed by atoms with van der Waals surface area (Å²) in [4.78, 5) is 14.5. The fraction of sp³-hybridized carbons (Fsp3) is 0.435. The van der Waals surface area contributed by atoms with Crippen LogP contribution in [0.15, 0.2) is 35.2 Å². The van der Waals surface area contributed by atoms with E-state index in [0.29, 0.717) is 37.8 Å². The third-order valence-corrected chi connectivity index (χ3v) is 7.58. The molecule has 0 aliphatic carbocycles. The van der Waals surface area contributed by atoms with Crippen molar-refractivity contribution in [1.82, 2.24) is 9.21 Å². The summed E-state index contributed by atoms with van der Waals surface area (Å²) in [7, 11) is -3.69. The normalized spacial score (nSPS) is 16.7. The molecule has 0 bridgehead atoms. The molecule has 4 rings (SSSR count). The summed E-state index contributed by atoms with van der Waals surface area (Å²) in [6.45, 7) is 7.80. The van der Waals surface area contributed by atoms with Crippen LogP contribution < -0.4 is 14.2 Å². The molecule has 0 saturated carbocycles. The molecule has 172 valence electrons. The number of piperazine rings is 1. The number of nitrogens with zero attached hydrogens (tertiary/aromatic N) is 2. The number of benzene rings is 2. The summed E-state index contributed by atoms with van der Waals surface area (Å²) >= 11 is 0. The van der Waals surface area contributed by atoms with Crippen molar-refractivity contribution in [2.75, 3.05) is 46.0 Å². The minimum absolute atomic E-state index is 0.0698. The van der Waals surface area contributed by atoms with Crippen molar-refractivity contribution in [3.8, 4) is 17.2 Å². The van der Waals surface area contributed by atoms with Crippen LogP contribution in [0.2, 0.25) is 0 Å². The zero-order valence-electron chi connectivity index (χ0n) is 18.6. The SMILES string of the molecule is Cc1cc(C)c(OCC(=O)N2CCN(S(=O)(=O)c3ccc4c(c3)OCCO4)CC2)c(C)c1. The number of carbonyl (C=O) groups is 1. The van der Waals surface area contributed by atoms with Crippen LogP contribution in [-0.4, -0.2) is 69.5 Å². The topological polar surface area (TPSA) is 85.4 Å². The second kappa shape index (κ2) is 8.99. The Hall–Kier alpha value is -2.78. The molecule has 8 nitrogen and oxygen atoms in total. The van der Waals surface area contributed by atoms with Crippen LogP contribution in [0.1, 0.15) is 16.7 Å². The molecule has 2 heterocycles. The Balaban J connectivity index is 1.36. The second-order valence-electron chi connectivity index (χ2n) is 8.11. The number of rotatable bonds is 5. The highest BCUT2D eigenvalue weighted by atomic mass is 32.2. The van der Waals surface area contributed by atoms with Crippen LogP contribution in [-0.2, 0) is 14.8 Å². The number of hydrogen-bond donors (Lipinski definition) is 0. The lowest BCUT2D eigenvalue weighted by Gasteiger charge is -2.34. The molecule has 0 N–H and O–H groups in total. The first-order valence-electron chi connectivity index (χ1n) is 10.6. The number of sulfonamides is 1. The fourth-order valence-corrected chi connectivity index (χ4v) is 5.57. The Morgan fingerprint density at radius 3 is 2.22 bits per heavy atom. The van der Waals surface area contributed by atoms with Crippen molar-refractivity contribution >= 4 is 15.9 Å². The lowest BCUT2D eigenvalue weighted by molar-refractivity contribution is -0.134. The minimum atomic E-state index is -3.69. The van der Waals surface area contributed by atoms with Gasteiger partial charge in [-0.3, -0.25) is 4.79 Å². The summed E-state index contributed by atoms with van der Waals surface area (Å²) in [5.41, 5.74) is 3.13. The summed E-state index contributed by atoms with van der Waals surface area (Å²) < 4.78 is 44.3. The Kier molecular flexibility index (Phi) is 6.30. The molecule has 9 heteroatoms. The molecular weight excluding hydrogens is 432 g/mol. The maximum atomic E-state index is 13.1. The quantitative estimate of drug-likeness (QED) is 0.681. The summed E-state index contributed by atoms with van der Waals surface area (Å²) in [5, 5.41) is 0. The van der Waals surface area contributed by atoms with Gasteiger partial charge in [-0.15, -0.1) is 0 Å². The monoisotopic (exact) mass is 460 g/mol. The van der Waals surface area contributed by atoms with Gasteiger partial charge in [0.25, 0.3) is 5.91 Å². The lowest BCUT2D eigenvalue weighted by atomic mass is 10.1. The largest absolute Gasteiger partial charge is 0.486 e. The van der Waals surface area contributed by atoms with Gasteiger partial charge >= 0.3 is 0 Å². The van der Waals surface area contributed by atoms with Gasteiger partial charge < -0.3 is 19.1 Å². The molecule has 2 aromatic carbocycles. The van der Waals surface area contributed by atoms with Gasteiger partial charge in [0.2, 0.25) is 10.0 Å². The number of amides is 1. The van der Waals surface area contributed by atoms with E-state index in [4.69, 9.17) is 14.2 Å². The molecule has 0 spiro atoms. The van der Waals surface area contributed by atoms with Crippen molar-refractivity contribution < 1.29 is 27.4 Å². The molecule has 0 unspecified atom stereocenters. The van der Waals surface area contributed by atoms with Crippen LogP contribution >= 0.6 is 0 Å². The molecule has 2 aromatic rings. The van der Waals surface area contributed by atoms with Gasteiger partial charge in [-0.1, -0.05) is 17.7 Å². The third-order valence-electron chi connectivity index (χ3n) is 5.69. The maximum absolute atomic E-state index is 13.1. The van der Waals surface area contributed by atoms with E-state index < -0.39 is 10.0 Å². The summed E-state index contributed by atoms with van der Waals surface area (Å²) in [6, 6.07) is 8.69. The number of aryl methyl sites for hydroxylation is 3. The molecular formula is C23H28N2O6S. The van der Waals surface area contributed by atoms with E-state index >= 15 is 0 Å². The van der Waals surface area contributed by atoms with Gasteiger partial charge in [0.05, 0.1) is 4.90 Å². The van der Waals surface area contributed by atoms with Crippen molar-refractivity contribution in [2.24, 2.45) is 0 Å². The zero-order chi connectivity index (χ0) is 22.9. The first-order chi connectivity index (χ1) is 15.3. The smallest absolute Gasteiger partial charge is 0.260 e. The van der Waals surface area contributed by atoms with Gasteiger partial charge in [0, 0.05) is 32.2 Å². The molecule has 1 saturated heterocycles.